The summed E-state index contributed by atoms with van der Waals surface area (Å²) in [6, 6.07) is 11.2. The summed E-state index contributed by atoms with van der Waals surface area (Å²) in [5.41, 5.74) is 7.79. The van der Waals surface area contributed by atoms with Gasteiger partial charge in [-0.15, -0.1) is 11.8 Å². The van der Waals surface area contributed by atoms with E-state index in [1.807, 2.05) is 24.3 Å². The van der Waals surface area contributed by atoms with Crippen LogP contribution in [0, 0.1) is 0 Å². The maximum atomic E-state index is 6.12. The second kappa shape index (κ2) is 6.20. The summed E-state index contributed by atoms with van der Waals surface area (Å²) in [5.74, 6) is 0.743. The zero-order valence-electron chi connectivity index (χ0n) is 9.29. The Kier molecular flexibility index (Phi) is 4.84. The zero-order chi connectivity index (χ0) is 13.1. The number of thioether (sulfide) groups is 1. The fourth-order valence-electron chi connectivity index (χ4n) is 1.47. The highest BCUT2D eigenvalue weighted by Crippen LogP contribution is 2.35. The maximum absolute atomic E-state index is 6.12. The molecule has 0 saturated heterocycles. The standard InChI is InChI=1S/C13H10BrCl2NS/c14-10-2-1-3-12(17)9(10)7-18-13-6-8(15)4-5-11(13)16/h1-6H,7,17H2. The fourth-order valence-corrected chi connectivity index (χ4v) is 3.73. The molecule has 0 aliphatic heterocycles. The number of hydrogen-bond donors (Lipinski definition) is 1. The van der Waals surface area contributed by atoms with Crippen LogP contribution >= 0.6 is 50.9 Å². The number of anilines is 1. The lowest BCUT2D eigenvalue weighted by Gasteiger charge is -2.09. The molecule has 0 atom stereocenters. The molecule has 0 unspecified atom stereocenters. The van der Waals surface area contributed by atoms with Crippen molar-refractivity contribution in [2.45, 2.75) is 10.6 Å². The van der Waals surface area contributed by atoms with Gasteiger partial charge in [0.25, 0.3) is 0 Å². The van der Waals surface area contributed by atoms with Crippen LogP contribution in [-0.2, 0) is 5.75 Å². The molecule has 0 saturated carbocycles. The van der Waals surface area contributed by atoms with Crippen molar-refractivity contribution in [1.29, 1.82) is 0 Å². The zero-order valence-corrected chi connectivity index (χ0v) is 13.2. The SMILES string of the molecule is Nc1cccc(Br)c1CSc1cc(Cl)ccc1Cl. The Balaban J connectivity index is 2.19. The smallest absolute Gasteiger partial charge is 0.0543 e. The molecule has 2 aromatic carbocycles. The van der Waals surface area contributed by atoms with Gasteiger partial charge in [-0.25, -0.2) is 0 Å². The Labute approximate surface area is 129 Å². The molecule has 5 heteroatoms. The lowest BCUT2D eigenvalue weighted by atomic mass is 10.2. The Morgan fingerprint density at radius 1 is 1.17 bits per heavy atom. The number of nitrogens with two attached hydrogens (primary N) is 1. The van der Waals surface area contributed by atoms with Gasteiger partial charge in [-0.2, -0.15) is 0 Å². The van der Waals surface area contributed by atoms with Crippen molar-refractivity contribution in [3.8, 4) is 0 Å². The topological polar surface area (TPSA) is 26.0 Å². The molecule has 0 amide bonds. The molecule has 18 heavy (non-hydrogen) atoms. The van der Waals surface area contributed by atoms with E-state index in [0.717, 1.165) is 26.4 Å². The van der Waals surface area contributed by atoms with Gasteiger partial charge in [-0.05, 0) is 35.9 Å². The number of nitrogen functional groups attached to an aromatic ring is 1. The highest BCUT2D eigenvalue weighted by molar-refractivity contribution is 9.10. The van der Waals surface area contributed by atoms with Crippen molar-refractivity contribution in [3.63, 3.8) is 0 Å². The number of rotatable bonds is 3. The van der Waals surface area contributed by atoms with Crippen LogP contribution in [0.25, 0.3) is 0 Å². The monoisotopic (exact) mass is 361 g/mol. The largest absolute Gasteiger partial charge is 0.398 e. The Morgan fingerprint density at radius 3 is 2.67 bits per heavy atom. The Hall–Kier alpha value is -0.350. The van der Waals surface area contributed by atoms with Gasteiger partial charge in [0.15, 0.2) is 0 Å². The summed E-state index contributed by atoms with van der Waals surface area (Å²) in [4.78, 5) is 0.958. The minimum absolute atomic E-state index is 0.682. The van der Waals surface area contributed by atoms with E-state index in [0.29, 0.717) is 10.0 Å². The van der Waals surface area contributed by atoms with E-state index in [9.17, 15) is 0 Å². The second-order valence-corrected chi connectivity index (χ2v) is 6.39. The number of halogens is 3. The summed E-state index contributed by atoms with van der Waals surface area (Å²) < 4.78 is 1.01. The molecule has 94 valence electrons. The maximum Gasteiger partial charge on any atom is 0.0543 e. The van der Waals surface area contributed by atoms with Gasteiger partial charge in [0.1, 0.15) is 0 Å². The summed E-state index contributed by atoms with van der Waals surface area (Å²) in [7, 11) is 0. The predicted octanol–water partition coefficient (Wildman–Crippen LogP) is 5.63. The van der Waals surface area contributed by atoms with E-state index in [4.69, 9.17) is 28.9 Å². The van der Waals surface area contributed by atoms with Crippen molar-refractivity contribution in [3.05, 3.63) is 56.5 Å². The summed E-state index contributed by atoms with van der Waals surface area (Å²) >= 11 is 17.2. The van der Waals surface area contributed by atoms with Crippen molar-refractivity contribution in [2.75, 3.05) is 5.73 Å². The molecule has 0 aliphatic rings. The first-order valence-electron chi connectivity index (χ1n) is 5.18. The third kappa shape index (κ3) is 3.35. The van der Waals surface area contributed by atoms with Crippen molar-refractivity contribution >= 4 is 56.6 Å². The lowest BCUT2D eigenvalue weighted by Crippen LogP contribution is -1.93. The van der Waals surface area contributed by atoms with Crippen molar-refractivity contribution in [2.24, 2.45) is 0 Å². The highest BCUT2D eigenvalue weighted by Gasteiger charge is 2.07. The molecule has 0 spiro atoms. The van der Waals surface area contributed by atoms with E-state index in [1.165, 1.54) is 0 Å². The van der Waals surface area contributed by atoms with E-state index in [1.54, 1.807) is 23.9 Å². The van der Waals surface area contributed by atoms with Gasteiger partial charge < -0.3 is 5.73 Å². The average molecular weight is 363 g/mol. The van der Waals surface area contributed by atoms with Crippen LogP contribution in [0.2, 0.25) is 10.0 Å². The molecule has 0 fully saturated rings. The first-order valence-corrected chi connectivity index (χ1v) is 7.72. The molecule has 0 heterocycles. The van der Waals surface area contributed by atoms with Crippen LogP contribution in [0.1, 0.15) is 5.56 Å². The molecule has 0 bridgehead atoms. The molecule has 2 N–H and O–H groups in total. The van der Waals surface area contributed by atoms with Gasteiger partial charge in [0.05, 0.1) is 5.02 Å². The quantitative estimate of drug-likeness (QED) is 0.565. The van der Waals surface area contributed by atoms with Crippen LogP contribution in [0.15, 0.2) is 45.8 Å². The molecule has 2 rings (SSSR count). The molecule has 0 aliphatic carbocycles. The molecule has 0 radical (unpaired) electrons. The van der Waals surface area contributed by atoms with Gasteiger partial charge in [-0.1, -0.05) is 45.2 Å². The van der Waals surface area contributed by atoms with Gasteiger partial charge in [0.2, 0.25) is 0 Å². The minimum atomic E-state index is 0.682. The van der Waals surface area contributed by atoms with E-state index < -0.39 is 0 Å². The normalized spacial score (nSPS) is 10.6. The predicted molar refractivity (Wildman–Crippen MR) is 84.6 cm³/mol. The Morgan fingerprint density at radius 2 is 1.94 bits per heavy atom. The average Bonchev–Trinajstić information content (AvgIpc) is 2.33. The minimum Gasteiger partial charge on any atom is -0.398 e. The third-order valence-corrected chi connectivity index (χ3v) is 4.92. The highest BCUT2D eigenvalue weighted by atomic mass is 79.9. The second-order valence-electron chi connectivity index (χ2n) is 3.67. The molecule has 0 aromatic heterocycles. The first kappa shape index (κ1) is 14.1. The summed E-state index contributed by atoms with van der Waals surface area (Å²) in [6.45, 7) is 0. The first-order chi connectivity index (χ1) is 8.58. The fraction of sp³-hybridized carbons (Fsp3) is 0.0769. The van der Waals surface area contributed by atoms with E-state index in [2.05, 4.69) is 15.9 Å². The van der Waals surface area contributed by atoms with Crippen LogP contribution in [0.5, 0.6) is 0 Å². The molecular formula is C13H10BrCl2NS. The van der Waals surface area contributed by atoms with Crippen LogP contribution in [0.4, 0.5) is 5.69 Å². The molecule has 1 nitrogen and oxygen atoms in total. The number of benzene rings is 2. The Bertz CT molecular complexity index is 555. The van der Waals surface area contributed by atoms with Gasteiger partial charge in [0, 0.05) is 25.8 Å². The number of hydrogen-bond acceptors (Lipinski definition) is 2. The van der Waals surface area contributed by atoms with Crippen LogP contribution in [-0.4, -0.2) is 0 Å². The van der Waals surface area contributed by atoms with Crippen molar-refractivity contribution < 1.29 is 0 Å². The summed E-state index contributed by atoms with van der Waals surface area (Å²) in [5, 5.41) is 1.39. The summed E-state index contributed by atoms with van der Waals surface area (Å²) in [6.07, 6.45) is 0. The third-order valence-electron chi connectivity index (χ3n) is 2.42. The van der Waals surface area contributed by atoms with Crippen LogP contribution in [0.3, 0.4) is 0 Å². The van der Waals surface area contributed by atoms with E-state index in [-0.39, 0.29) is 0 Å². The van der Waals surface area contributed by atoms with E-state index >= 15 is 0 Å². The lowest BCUT2D eigenvalue weighted by molar-refractivity contribution is 1.36. The van der Waals surface area contributed by atoms with Crippen molar-refractivity contribution in [1.82, 2.24) is 0 Å². The molecule has 2 aromatic rings. The van der Waals surface area contributed by atoms with Crippen LogP contribution < -0.4 is 5.73 Å². The molecular weight excluding hydrogens is 353 g/mol. The van der Waals surface area contributed by atoms with Gasteiger partial charge >= 0.3 is 0 Å². The van der Waals surface area contributed by atoms with Gasteiger partial charge in [-0.3, -0.25) is 0 Å².